The predicted molar refractivity (Wildman–Crippen MR) is 54.6 cm³/mol. The molecule has 0 aromatic heterocycles. The molecule has 0 saturated carbocycles. The number of halogens is 1. The number of hydrogen-bond donors (Lipinski definition) is 2. The molecule has 0 aliphatic carbocycles. The summed E-state index contributed by atoms with van der Waals surface area (Å²) in [6, 6.07) is 6.51. The molecule has 1 aromatic rings. The lowest BCUT2D eigenvalue weighted by Gasteiger charge is -2.16. The zero-order chi connectivity index (χ0) is 10.8. The van der Waals surface area contributed by atoms with Crippen LogP contribution in [-0.4, -0.2) is 11.7 Å². The van der Waals surface area contributed by atoms with Gasteiger partial charge in [0, 0.05) is 0 Å². The van der Waals surface area contributed by atoms with E-state index in [2.05, 4.69) is 0 Å². The van der Waals surface area contributed by atoms with E-state index in [1.165, 1.54) is 13.8 Å². The van der Waals surface area contributed by atoms with E-state index in [1.807, 2.05) is 0 Å². The van der Waals surface area contributed by atoms with E-state index in [-0.39, 0.29) is 12.6 Å². The van der Waals surface area contributed by atoms with Crippen molar-refractivity contribution in [1.82, 2.24) is 0 Å². The fraction of sp³-hybridized carbons (Fsp3) is 0.455. The lowest BCUT2D eigenvalue weighted by molar-refractivity contribution is 0.221. The molecule has 0 heterocycles. The fourth-order valence-electron chi connectivity index (χ4n) is 1.23. The molecule has 3 N–H and O–H groups in total. The van der Waals surface area contributed by atoms with E-state index in [0.717, 1.165) is 5.56 Å². The predicted octanol–water partition coefficient (Wildman–Crippen LogP) is 1.88. The summed E-state index contributed by atoms with van der Waals surface area (Å²) in [4.78, 5) is 0. The highest BCUT2D eigenvalue weighted by Gasteiger charge is 2.18. The highest BCUT2D eigenvalue weighted by molar-refractivity contribution is 5.28. The van der Waals surface area contributed by atoms with Crippen LogP contribution >= 0.6 is 0 Å². The molecule has 1 unspecified atom stereocenters. The summed E-state index contributed by atoms with van der Waals surface area (Å²) in [5.41, 5.74) is 5.72. The first kappa shape index (κ1) is 11.1. The number of aliphatic hydroxyl groups excluding tert-OH is 1. The van der Waals surface area contributed by atoms with Crippen LogP contribution in [0.25, 0.3) is 0 Å². The first-order valence-corrected chi connectivity index (χ1v) is 4.61. The van der Waals surface area contributed by atoms with Crippen LogP contribution in [0.4, 0.5) is 4.39 Å². The van der Waals surface area contributed by atoms with Crippen molar-refractivity contribution in [2.45, 2.75) is 25.6 Å². The van der Waals surface area contributed by atoms with Gasteiger partial charge < -0.3 is 10.8 Å². The molecule has 0 amide bonds. The Morgan fingerprint density at radius 2 is 1.86 bits per heavy atom. The Hall–Kier alpha value is -0.930. The van der Waals surface area contributed by atoms with E-state index < -0.39 is 5.67 Å². The van der Waals surface area contributed by atoms with E-state index in [9.17, 15) is 4.39 Å². The first-order chi connectivity index (χ1) is 6.45. The van der Waals surface area contributed by atoms with Crippen molar-refractivity contribution in [2.24, 2.45) is 5.73 Å². The van der Waals surface area contributed by atoms with Crippen LogP contribution in [-0.2, 0) is 5.67 Å². The van der Waals surface area contributed by atoms with Crippen molar-refractivity contribution in [3.63, 3.8) is 0 Å². The van der Waals surface area contributed by atoms with Gasteiger partial charge in [-0.25, -0.2) is 4.39 Å². The van der Waals surface area contributed by atoms with Crippen LogP contribution in [0.3, 0.4) is 0 Å². The van der Waals surface area contributed by atoms with Gasteiger partial charge in [0.25, 0.3) is 0 Å². The summed E-state index contributed by atoms with van der Waals surface area (Å²) in [6.07, 6.45) is 0. The van der Waals surface area contributed by atoms with Crippen LogP contribution in [0.15, 0.2) is 24.3 Å². The Morgan fingerprint density at radius 1 is 1.36 bits per heavy atom. The standard InChI is InChI=1S/C11H16FNO/c1-11(2,12)9-5-3-8(4-6-9)10(13)7-14/h3-6,10,14H,7,13H2,1-2H3. The Balaban J connectivity index is 2.89. The Labute approximate surface area is 83.6 Å². The molecule has 3 heteroatoms. The molecule has 0 aliphatic heterocycles. The van der Waals surface area contributed by atoms with Crippen LogP contribution in [0.1, 0.15) is 31.0 Å². The zero-order valence-electron chi connectivity index (χ0n) is 8.50. The third kappa shape index (κ3) is 2.53. The van der Waals surface area contributed by atoms with Crippen molar-refractivity contribution >= 4 is 0 Å². The normalized spacial score (nSPS) is 14.1. The van der Waals surface area contributed by atoms with Gasteiger partial charge in [0.1, 0.15) is 5.67 Å². The van der Waals surface area contributed by atoms with Crippen LogP contribution in [0, 0.1) is 0 Å². The second-order valence-electron chi connectivity index (χ2n) is 3.88. The average molecular weight is 197 g/mol. The van der Waals surface area contributed by atoms with Gasteiger partial charge in [0.15, 0.2) is 0 Å². The molecule has 2 nitrogen and oxygen atoms in total. The van der Waals surface area contributed by atoms with E-state index in [0.29, 0.717) is 5.56 Å². The molecule has 0 bridgehead atoms. The minimum atomic E-state index is -1.33. The lowest BCUT2D eigenvalue weighted by Crippen LogP contribution is -2.15. The minimum absolute atomic E-state index is 0.0988. The highest BCUT2D eigenvalue weighted by Crippen LogP contribution is 2.25. The number of benzene rings is 1. The Bertz CT molecular complexity index is 289. The third-order valence-corrected chi connectivity index (χ3v) is 2.22. The second kappa shape index (κ2) is 4.07. The van der Waals surface area contributed by atoms with Gasteiger partial charge in [0.05, 0.1) is 12.6 Å². The van der Waals surface area contributed by atoms with Crippen LogP contribution in [0.5, 0.6) is 0 Å². The second-order valence-corrected chi connectivity index (χ2v) is 3.88. The van der Waals surface area contributed by atoms with Crippen molar-refractivity contribution in [2.75, 3.05) is 6.61 Å². The van der Waals surface area contributed by atoms with Gasteiger partial charge in [-0.15, -0.1) is 0 Å². The maximum Gasteiger partial charge on any atom is 0.130 e. The summed E-state index contributed by atoms with van der Waals surface area (Å²) in [6.45, 7) is 2.92. The summed E-state index contributed by atoms with van der Waals surface area (Å²) in [5, 5.41) is 8.82. The first-order valence-electron chi connectivity index (χ1n) is 4.61. The monoisotopic (exact) mass is 197 g/mol. The summed E-state index contributed by atoms with van der Waals surface area (Å²) >= 11 is 0. The topological polar surface area (TPSA) is 46.2 Å². The minimum Gasteiger partial charge on any atom is -0.394 e. The number of aliphatic hydroxyl groups is 1. The quantitative estimate of drug-likeness (QED) is 0.777. The van der Waals surface area contributed by atoms with Crippen molar-refractivity contribution in [1.29, 1.82) is 0 Å². The van der Waals surface area contributed by atoms with Gasteiger partial charge in [-0.1, -0.05) is 24.3 Å². The van der Waals surface area contributed by atoms with Gasteiger partial charge in [-0.3, -0.25) is 0 Å². The summed E-state index contributed by atoms with van der Waals surface area (Å²) in [5.74, 6) is 0. The largest absolute Gasteiger partial charge is 0.394 e. The number of alkyl halides is 1. The molecule has 0 aliphatic rings. The summed E-state index contributed by atoms with van der Waals surface area (Å²) < 4.78 is 13.5. The molecular formula is C11H16FNO. The van der Waals surface area contributed by atoms with Crippen molar-refractivity contribution in [3.8, 4) is 0 Å². The number of rotatable bonds is 3. The summed E-state index contributed by atoms with van der Waals surface area (Å²) in [7, 11) is 0. The van der Waals surface area contributed by atoms with E-state index >= 15 is 0 Å². The lowest BCUT2D eigenvalue weighted by atomic mass is 9.97. The molecular weight excluding hydrogens is 181 g/mol. The molecule has 78 valence electrons. The van der Waals surface area contributed by atoms with Gasteiger partial charge in [0.2, 0.25) is 0 Å². The molecule has 0 fully saturated rings. The highest BCUT2D eigenvalue weighted by atomic mass is 19.1. The number of hydrogen-bond acceptors (Lipinski definition) is 2. The average Bonchev–Trinajstić information content (AvgIpc) is 2.15. The molecule has 1 rings (SSSR count). The number of nitrogens with two attached hydrogens (primary N) is 1. The molecule has 1 aromatic carbocycles. The van der Waals surface area contributed by atoms with E-state index in [1.54, 1.807) is 24.3 Å². The SMILES string of the molecule is CC(C)(F)c1ccc(C(N)CO)cc1. The van der Waals surface area contributed by atoms with Gasteiger partial charge in [-0.2, -0.15) is 0 Å². The van der Waals surface area contributed by atoms with Gasteiger partial charge in [-0.05, 0) is 25.0 Å². The van der Waals surface area contributed by atoms with E-state index in [4.69, 9.17) is 10.8 Å². The Morgan fingerprint density at radius 3 is 2.21 bits per heavy atom. The smallest absolute Gasteiger partial charge is 0.130 e. The fourth-order valence-corrected chi connectivity index (χ4v) is 1.23. The maximum absolute atomic E-state index is 13.5. The zero-order valence-corrected chi connectivity index (χ0v) is 8.50. The third-order valence-electron chi connectivity index (χ3n) is 2.22. The molecule has 14 heavy (non-hydrogen) atoms. The maximum atomic E-state index is 13.5. The molecule has 0 radical (unpaired) electrons. The van der Waals surface area contributed by atoms with Crippen LogP contribution < -0.4 is 5.73 Å². The van der Waals surface area contributed by atoms with Gasteiger partial charge >= 0.3 is 0 Å². The molecule has 0 spiro atoms. The molecule has 1 atom stereocenters. The van der Waals surface area contributed by atoms with Crippen molar-refractivity contribution < 1.29 is 9.50 Å². The van der Waals surface area contributed by atoms with Crippen LogP contribution in [0.2, 0.25) is 0 Å². The molecule has 0 saturated heterocycles. The van der Waals surface area contributed by atoms with Crippen molar-refractivity contribution in [3.05, 3.63) is 35.4 Å². The Kier molecular flexibility index (Phi) is 3.24.